The minimum Gasteiger partial charge on any atom is -0.477 e. The molecule has 0 aromatic heterocycles. The van der Waals surface area contributed by atoms with E-state index in [9.17, 15) is 5.26 Å². The number of rotatable bonds is 2. The highest BCUT2D eigenvalue weighted by molar-refractivity contribution is 6.04. The van der Waals surface area contributed by atoms with Crippen LogP contribution in [0.2, 0.25) is 0 Å². The zero-order valence-electron chi connectivity index (χ0n) is 13.8. The molecule has 2 heterocycles. The summed E-state index contributed by atoms with van der Waals surface area (Å²) in [7, 11) is 0. The van der Waals surface area contributed by atoms with Crippen molar-refractivity contribution in [1.29, 1.82) is 5.26 Å². The van der Waals surface area contributed by atoms with Gasteiger partial charge in [-0.05, 0) is 10.8 Å². The summed E-state index contributed by atoms with van der Waals surface area (Å²) in [6.07, 6.45) is 0. The van der Waals surface area contributed by atoms with Crippen LogP contribution in [-0.2, 0) is 9.47 Å². The van der Waals surface area contributed by atoms with Crippen molar-refractivity contribution >= 4 is 11.8 Å². The standard InChI is InChI=1S/C16H25N3O2/c1-15(2,3)11-8-20-13(18-11)10(7-17)14-19-12(9-21-14)16(4,5)6/h10-12H,8-9H2,1-6H3/t11-,12-/m0/s1. The fourth-order valence-electron chi connectivity index (χ4n) is 2.20. The predicted octanol–water partition coefficient (Wildman–Crippen LogP) is 2.81. The molecule has 0 aliphatic carbocycles. The largest absolute Gasteiger partial charge is 0.477 e. The van der Waals surface area contributed by atoms with Gasteiger partial charge in [-0.2, -0.15) is 5.26 Å². The van der Waals surface area contributed by atoms with Crippen molar-refractivity contribution in [3.63, 3.8) is 0 Å². The Morgan fingerprint density at radius 3 is 1.57 bits per heavy atom. The van der Waals surface area contributed by atoms with Crippen LogP contribution in [0.3, 0.4) is 0 Å². The van der Waals surface area contributed by atoms with E-state index in [-0.39, 0.29) is 22.9 Å². The average molecular weight is 291 g/mol. The Morgan fingerprint density at radius 2 is 1.33 bits per heavy atom. The number of hydrogen-bond acceptors (Lipinski definition) is 5. The molecule has 0 unspecified atom stereocenters. The molecule has 0 saturated heterocycles. The average Bonchev–Trinajstić information content (AvgIpc) is 2.96. The molecule has 2 atom stereocenters. The zero-order valence-corrected chi connectivity index (χ0v) is 13.8. The first kappa shape index (κ1) is 15.8. The first-order chi connectivity index (χ1) is 9.63. The number of nitriles is 1. The highest BCUT2D eigenvalue weighted by atomic mass is 16.5. The van der Waals surface area contributed by atoms with Crippen molar-refractivity contribution in [3.05, 3.63) is 0 Å². The molecule has 0 spiro atoms. The van der Waals surface area contributed by atoms with E-state index in [2.05, 4.69) is 57.6 Å². The molecule has 0 bridgehead atoms. The highest BCUT2D eigenvalue weighted by Crippen LogP contribution is 2.30. The van der Waals surface area contributed by atoms with Gasteiger partial charge in [0, 0.05) is 0 Å². The Hall–Kier alpha value is -1.57. The Kier molecular flexibility index (Phi) is 4.01. The number of ether oxygens (including phenoxy) is 2. The molecule has 2 aliphatic rings. The maximum absolute atomic E-state index is 9.45. The van der Waals surface area contributed by atoms with Gasteiger partial charge in [-0.3, -0.25) is 0 Å². The lowest BCUT2D eigenvalue weighted by atomic mass is 9.88. The summed E-state index contributed by atoms with van der Waals surface area (Å²) in [5.74, 6) is 0.279. The Bertz CT molecular complexity index is 463. The van der Waals surface area contributed by atoms with Crippen LogP contribution < -0.4 is 0 Å². The van der Waals surface area contributed by atoms with E-state index in [1.54, 1.807) is 0 Å². The summed E-state index contributed by atoms with van der Waals surface area (Å²) in [5, 5.41) is 9.45. The minimum absolute atomic E-state index is 0.0219. The molecule has 5 nitrogen and oxygen atoms in total. The van der Waals surface area contributed by atoms with Gasteiger partial charge in [0.1, 0.15) is 13.2 Å². The monoisotopic (exact) mass is 291 g/mol. The highest BCUT2D eigenvalue weighted by Gasteiger charge is 2.39. The Labute approximate surface area is 127 Å². The normalized spacial score (nSPS) is 26.0. The van der Waals surface area contributed by atoms with Gasteiger partial charge >= 0.3 is 0 Å². The lowest BCUT2D eigenvalue weighted by Gasteiger charge is -2.21. The van der Waals surface area contributed by atoms with E-state index in [0.717, 1.165) is 0 Å². The smallest absolute Gasteiger partial charge is 0.211 e. The number of aliphatic imine (C=N–C) groups is 2. The molecule has 116 valence electrons. The van der Waals surface area contributed by atoms with Crippen LogP contribution in [0, 0.1) is 28.1 Å². The minimum atomic E-state index is -0.621. The van der Waals surface area contributed by atoms with Crippen LogP contribution in [0.5, 0.6) is 0 Å². The van der Waals surface area contributed by atoms with E-state index in [0.29, 0.717) is 25.0 Å². The molecule has 0 aromatic rings. The molecular weight excluding hydrogens is 266 g/mol. The van der Waals surface area contributed by atoms with Gasteiger partial charge in [0.05, 0.1) is 18.2 Å². The summed E-state index contributed by atoms with van der Waals surface area (Å²) in [6, 6.07) is 2.36. The van der Waals surface area contributed by atoms with Gasteiger partial charge in [0.25, 0.3) is 0 Å². The SMILES string of the molecule is CC(C)(C)[C@@H]1COC(C(C#N)C2=N[C@H](C(C)(C)C)CO2)=N1. The fraction of sp³-hybridized carbons (Fsp3) is 0.812. The van der Waals surface area contributed by atoms with Crippen molar-refractivity contribution in [2.45, 2.75) is 53.6 Å². The van der Waals surface area contributed by atoms with Crippen LogP contribution in [0.25, 0.3) is 0 Å². The predicted molar refractivity (Wildman–Crippen MR) is 82.4 cm³/mol. The summed E-state index contributed by atoms with van der Waals surface area (Å²) in [6.45, 7) is 13.8. The lowest BCUT2D eigenvalue weighted by molar-refractivity contribution is 0.225. The third-order valence-corrected chi connectivity index (χ3v) is 3.97. The van der Waals surface area contributed by atoms with Gasteiger partial charge < -0.3 is 9.47 Å². The number of nitrogens with zero attached hydrogens (tertiary/aromatic N) is 3. The quantitative estimate of drug-likeness (QED) is 0.785. The van der Waals surface area contributed by atoms with Gasteiger partial charge in [0.2, 0.25) is 11.8 Å². The first-order valence-corrected chi connectivity index (χ1v) is 7.43. The van der Waals surface area contributed by atoms with E-state index in [1.165, 1.54) is 0 Å². The van der Waals surface area contributed by atoms with Gasteiger partial charge in [0.15, 0.2) is 5.92 Å². The summed E-state index contributed by atoms with van der Waals surface area (Å²) >= 11 is 0. The Morgan fingerprint density at radius 1 is 0.952 bits per heavy atom. The molecule has 21 heavy (non-hydrogen) atoms. The summed E-state index contributed by atoms with van der Waals surface area (Å²) in [5.41, 5.74) is 0.0437. The molecule has 5 heteroatoms. The third kappa shape index (κ3) is 3.37. The van der Waals surface area contributed by atoms with Crippen molar-refractivity contribution in [2.75, 3.05) is 13.2 Å². The summed E-state index contributed by atoms with van der Waals surface area (Å²) in [4.78, 5) is 9.15. The second-order valence-electron chi connectivity index (χ2n) is 7.88. The third-order valence-electron chi connectivity index (χ3n) is 3.97. The maximum atomic E-state index is 9.45. The van der Waals surface area contributed by atoms with Gasteiger partial charge in [-0.15, -0.1) is 0 Å². The first-order valence-electron chi connectivity index (χ1n) is 7.43. The molecule has 0 amide bonds. The lowest BCUT2D eigenvalue weighted by Crippen LogP contribution is -2.25. The van der Waals surface area contributed by atoms with Crippen LogP contribution in [0.1, 0.15) is 41.5 Å². The van der Waals surface area contributed by atoms with Crippen molar-refractivity contribution in [1.82, 2.24) is 0 Å². The molecule has 0 N–H and O–H groups in total. The molecule has 2 aliphatic heterocycles. The van der Waals surface area contributed by atoms with Crippen LogP contribution >= 0.6 is 0 Å². The summed E-state index contributed by atoms with van der Waals surface area (Å²) < 4.78 is 11.3. The molecule has 0 saturated carbocycles. The molecule has 0 fully saturated rings. The van der Waals surface area contributed by atoms with E-state index in [4.69, 9.17) is 9.47 Å². The second-order valence-corrected chi connectivity index (χ2v) is 7.88. The zero-order chi connectivity index (χ0) is 15.8. The fourth-order valence-corrected chi connectivity index (χ4v) is 2.20. The van der Waals surface area contributed by atoms with Crippen LogP contribution in [0.4, 0.5) is 0 Å². The molecular formula is C16H25N3O2. The van der Waals surface area contributed by atoms with Crippen molar-refractivity contribution < 1.29 is 9.47 Å². The Balaban J connectivity index is 2.18. The van der Waals surface area contributed by atoms with Crippen LogP contribution in [0.15, 0.2) is 9.98 Å². The molecule has 2 rings (SSSR count). The van der Waals surface area contributed by atoms with Gasteiger partial charge in [-0.1, -0.05) is 41.5 Å². The maximum Gasteiger partial charge on any atom is 0.211 e. The second kappa shape index (κ2) is 5.32. The van der Waals surface area contributed by atoms with E-state index in [1.807, 2.05) is 0 Å². The molecule has 0 radical (unpaired) electrons. The van der Waals surface area contributed by atoms with E-state index >= 15 is 0 Å². The topological polar surface area (TPSA) is 67.0 Å². The van der Waals surface area contributed by atoms with Gasteiger partial charge in [-0.25, -0.2) is 9.98 Å². The van der Waals surface area contributed by atoms with Crippen LogP contribution in [-0.4, -0.2) is 37.1 Å². The van der Waals surface area contributed by atoms with Crippen molar-refractivity contribution in [2.24, 2.45) is 26.7 Å². The van der Waals surface area contributed by atoms with E-state index < -0.39 is 5.92 Å². The van der Waals surface area contributed by atoms with Crippen molar-refractivity contribution in [3.8, 4) is 6.07 Å². The number of hydrogen-bond donors (Lipinski definition) is 0. The molecule has 0 aromatic carbocycles.